The molecular weight excluding hydrogens is 237 g/mol. The molecule has 0 saturated carbocycles. The van der Waals surface area contributed by atoms with Gasteiger partial charge in [-0.05, 0) is 5.41 Å². The van der Waals surface area contributed by atoms with Crippen LogP contribution in [0.4, 0.5) is 0 Å². The summed E-state index contributed by atoms with van der Waals surface area (Å²) in [4.78, 5) is 0. The first-order chi connectivity index (χ1) is 7.76. The monoisotopic (exact) mass is 263 g/mol. The van der Waals surface area contributed by atoms with Gasteiger partial charge in [0.15, 0.2) is 0 Å². The molecule has 0 radical (unpaired) electrons. The number of hydrogen-bond donors (Lipinski definition) is 0. The molecule has 0 aliphatic carbocycles. The Morgan fingerprint density at radius 1 is 1.29 bits per heavy atom. The summed E-state index contributed by atoms with van der Waals surface area (Å²) < 4.78 is 26.1. The van der Waals surface area contributed by atoms with E-state index in [9.17, 15) is 4.57 Å². The number of morpholine rings is 1. The smallest absolute Gasteiger partial charge is 0.275 e. The molecule has 0 bridgehead atoms. The summed E-state index contributed by atoms with van der Waals surface area (Å²) >= 11 is 0. The van der Waals surface area contributed by atoms with Crippen molar-refractivity contribution in [3.05, 3.63) is 0 Å². The van der Waals surface area contributed by atoms with Crippen molar-refractivity contribution in [1.29, 1.82) is 0 Å². The van der Waals surface area contributed by atoms with Crippen molar-refractivity contribution in [2.45, 2.75) is 40.3 Å². The summed E-state index contributed by atoms with van der Waals surface area (Å²) in [6.45, 7) is 13.5. The van der Waals surface area contributed by atoms with E-state index >= 15 is 0 Å². The molecule has 1 unspecified atom stereocenters. The Hall–Kier alpha value is 0.110. The van der Waals surface area contributed by atoms with Crippen molar-refractivity contribution < 1.29 is 13.8 Å². The molecule has 4 nitrogen and oxygen atoms in total. The summed E-state index contributed by atoms with van der Waals surface area (Å²) in [6, 6.07) is 0. The molecule has 0 aromatic rings. The van der Waals surface area contributed by atoms with Crippen LogP contribution in [0.3, 0.4) is 0 Å². The van der Waals surface area contributed by atoms with Gasteiger partial charge in [-0.15, -0.1) is 0 Å². The Morgan fingerprint density at radius 3 is 2.24 bits per heavy atom. The molecule has 0 aromatic heterocycles. The minimum atomic E-state index is -2.71. The van der Waals surface area contributed by atoms with Gasteiger partial charge in [0.1, 0.15) is 0 Å². The maximum Gasteiger partial charge on any atom is 0.275 e. The van der Waals surface area contributed by atoms with Crippen molar-refractivity contribution in [2.24, 2.45) is 5.41 Å². The molecule has 1 aliphatic rings. The molecule has 0 N–H and O–H groups in total. The van der Waals surface area contributed by atoms with Gasteiger partial charge in [0.25, 0.3) is 7.52 Å². The van der Waals surface area contributed by atoms with E-state index < -0.39 is 7.52 Å². The normalized spacial score (nSPS) is 22.7. The number of rotatable bonds is 4. The quantitative estimate of drug-likeness (QED) is 0.731. The fourth-order valence-electron chi connectivity index (χ4n) is 1.68. The highest BCUT2D eigenvalue weighted by Crippen LogP contribution is 2.55. The van der Waals surface area contributed by atoms with Gasteiger partial charge in [-0.1, -0.05) is 34.6 Å². The van der Waals surface area contributed by atoms with Crippen molar-refractivity contribution in [1.82, 2.24) is 4.67 Å². The lowest BCUT2D eigenvalue weighted by atomic mass is 9.99. The molecule has 1 atom stereocenters. The third-order valence-corrected chi connectivity index (χ3v) is 5.71. The van der Waals surface area contributed by atoms with Crippen LogP contribution in [-0.2, 0) is 13.8 Å². The average Bonchev–Trinajstić information content (AvgIpc) is 2.26. The third kappa shape index (κ3) is 4.36. The van der Waals surface area contributed by atoms with E-state index in [0.29, 0.717) is 32.9 Å². The summed E-state index contributed by atoms with van der Waals surface area (Å²) in [7, 11) is -2.71. The molecular formula is C12H26NO3P. The van der Waals surface area contributed by atoms with E-state index in [0.717, 1.165) is 0 Å². The van der Waals surface area contributed by atoms with Crippen LogP contribution in [0.15, 0.2) is 0 Å². The molecule has 1 heterocycles. The van der Waals surface area contributed by atoms with Gasteiger partial charge in [-0.25, -0.2) is 4.67 Å². The fourth-order valence-corrected chi connectivity index (χ4v) is 4.08. The van der Waals surface area contributed by atoms with Crippen LogP contribution >= 0.6 is 7.52 Å². The first-order valence-corrected chi connectivity index (χ1v) is 7.98. The van der Waals surface area contributed by atoms with Crippen molar-refractivity contribution in [2.75, 3.05) is 32.9 Å². The van der Waals surface area contributed by atoms with E-state index in [4.69, 9.17) is 9.26 Å². The number of nitrogens with zero attached hydrogens (tertiary/aromatic N) is 1. The van der Waals surface area contributed by atoms with Crippen molar-refractivity contribution in [3.63, 3.8) is 0 Å². The SMILES string of the molecule is CC(C)P(=O)(OCC(C)(C)C)N1CCOCC1. The Balaban J connectivity index is 2.71. The van der Waals surface area contributed by atoms with Gasteiger partial charge in [-0.3, -0.25) is 4.57 Å². The number of hydrogen-bond acceptors (Lipinski definition) is 3. The molecule has 17 heavy (non-hydrogen) atoms. The second kappa shape index (κ2) is 5.83. The topological polar surface area (TPSA) is 38.8 Å². The molecule has 1 saturated heterocycles. The van der Waals surface area contributed by atoms with Gasteiger partial charge in [0.05, 0.1) is 19.8 Å². The summed E-state index contributed by atoms with van der Waals surface area (Å²) in [5.41, 5.74) is 0.0690. The molecule has 0 aromatic carbocycles. The van der Waals surface area contributed by atoms with Gasteiger partial charge < -0.3 is 9.26 Å². The Bertz CT molecular complexity index is 280. The predicted molar refractivity (Wildman–Crippen MR) is 70.5 cm³/mol. The summed E-state index contributed by atoms with van der Waals surface area (Å²) in [6.07, 6.45) is 0. The first kappa shape index (κ1) is 15.2. The highest BCUT2D eigenvalue weighted by molar-refractivity contribution is 7.57. The van der Waals surface area contributed by atoms with Crippen LogP contribution in [0.2, 0.25) is 0 Å². The van der Waals surface area contributed by atoms with Crippen molar-refractivity contribution >= 4 is 7.52 Å². The molecule has 0 amide bonds. The largest absolute Gasteiger partial charge is 0.379 e. The predicted octanol–water partition coefficient (Wildman–Crippen LogP) is 2.98. The Morgan fingerprint density at radius 2 is 1.82 bits per heavy atom. The number of ether oxygens (including phenoxy) is 1. The summed E-state index contributed by atoms with van der Waals surface area (Å²) in [5, 5.41) is 0. The van der Waals surface area contributed by atoms with E-state index in [-0.39, 0.29) is 11.1 Å². The van der Waals surface area contributed by atoms with E-state index in [1.54, 1.807) is 0 Å². The standard InChI is InChI=1S/C12H26NO3P/c1-11(2)17(14,16-10-12(3,4)5)13-6-8-15-9-7-13/h11H,6-10H2,1-5H3. The van der Waals surface area contributed by atoms with Crippen LogP contribution in [0.25, 0.3) is 0 Å². The minimum absolute atomic E-state index is 0.0305. The highest BCUT2D eigenvalue weighted by Gasteiger charge is 2.37. The maximum absolute atomic E-state index is 13.0. The second-order valence-corrected chi connectivity index (χ2v) is 9.04. The lowest BCUT2D eigenvalue weighted by Gasteiger charge is -2.37. The van der Waals surface area contributed by atoms with E-state index in [1.807, 2.05) is 18.5 Å². The molecule has 0 spiro atoms. The zero-order valence-electron chi connectivity index (χ0n) is 11.7. The Kier molecular flexibility index (Phi) is 5.21. The highest BCUT2D eigenvalue weighted by atomic mass is 31.2. The lowest BCUT2D eigenvalue weighted by molar-refractivity contribution is 0.0607. The fraction of sp³-hybridized carbons (Fsp3) is 1.00. The molecule has 1 aliphatic heterocycles. The molecule has 1 fully saturated rings. The molecule has 102 valence electrons. The van der Waals surface area contributed by atoms with Gasteiger partial charge >= 0.3 is 0 Å². The van der Waals surface area contributed by atoms with Crippen molar-refractivity contribution in [3.8, 4) is 0 Å². The Labute approximate surface area is 105 Å². The van der Waals surface area contributed by atoms with E-state index in [1.165, 1.54) is 0 Å². The lowest BCUT2D eigenvalue weighted by Crippen LogP contribution is -2.37. The first-order valence-electron chi connectivity index (χ1n) is 6.33. The maximum atomic E-state index is 13.0. The van der Waals surface area contributed by atoms with Crippen LogP contribution < -0.4 is 0 Å². The van der Waals surface area contributed by atoms with Gasteiger partial charge in [-0.2, -0.15) is 0 Å². The van der Waals surface area contributed by atoms with E-state index in [2.05, 4.69) is 20.8 Å². The second-order valence-electron chi connectivity index (χ2n) is 6.06. The van der Waals surface area contributed by atoms with Crippen LogP contribution in [0, 0.1) is 5.41 Å². The van der Waals surface area contributed by atoms with Crippen LogP contribution in [-0.4, -0.2) is 43.2 Å². The molecule has 5 heteroatoms. The van der Waals surface area contributed by atoms with Gasteiger partial charge in [0, 0.05) is 18.7 Å². The third-order valence-electron chi connectivity index (χ3n) is 2.72. The van der Waals surface area contributed by atoms with Gasteiger partial charge in [0.2, 0.25) is 0 Å². The zero-order chi connectivity index (χ0) is 13.1. The average molecular weight is 263 g/mol. The zero-order valence-corrected chi connectivity index (χ0v) is 12.6. The molecule has 1 rings (SSSR count). The van der Waals surface area contributed by atoms with Crippen LogP contribution in [0.5, 0.6) is 0 Å². The summed E-state index contributed by atoms with van der Waals surface area (Å²) in [5.74, 6) is 0. The minimum Gasteiger partial charge on any atom is -0.379 e. The van der Waals surface area contributed by atoms with Crippen LogP contribution in [0.1, 0.15) is 34.6 Å².